The van der Waals surface area contributed by atoms with E-state index in [0.717, 1.165) is 5.56 Å². The number of sulfonamides is 1. The number of benzene rings is 2. The van der Waals surface area contributed by atoms with Gasteiger partial charge in [0.05, 0.1) is 21.3 Å². The van der Waals surface area contributed by atoms with E-state index in [2.05, 4.69) is 10.3 Å². The lowest BCUT2D eigenvalue weighted by atomic mass is 10.2. The largest absolute Gasteiger partial charge is 0.497 e. The second kappa shape index (κ2) is 8.07. The van der Waals surface area contributed by atoms with Gasteiger partial charge in [0, 0.05) is 11.6 Å². The van der Waals surface area contributed by atoms with Crippen LogP contribution in [0.4, 0.5) is 0 Å². The Hall–Kier alpha value is -2.78. The molecule has 0 aliphatic carbocycles. The Morgan fingerprint density at radius 1 is 0.923 bits per heavy atom. The average molecular weight is 380 g/mol. The van der Waals surface area contributed by atoms with Crippen LogP contribution in [-0.2, 0) is 10.0 Å². The van der Waals surface area contributed by atoms with Crippen molar-refractivity contribution in [3.05, 3.63) is 47.5 Å². The molecule has 0 fully saturated rings. The number of hydrazine groups is 1. The van der Waals surface area contributed by atoms with Gasteiger partial charge in [0.2, 0.25) is 0 Å². The Bertz CT molecular complexity index is 889. The monoisotopic (exact) mass is 380 g/mol. The number of carbonyl (C=O) groups excluding carboxylic acids is 1. The van der Waals surface area contributed by atoms with Crippen molar-refractivity contribution in [2.45, 2.75) is 11.8 Å². The smallest absolute Gasteiger partial charge is 0.266 e. The van der Waals surface area contributed by atoms with E-state index in [9.17, 15) is 13.2 Å². The molecule has 0 spiro atoms. The van der Waals surface area contributed by atoms with Gasteiger partial charge in [0.1, 0.15) is 22.1 Å². The van der Waals surface area contributed by atoms with E-state index in [1.807, 2.05) is 0 Å². The topological polar surface area (TPSA) is 103 Å². The summed E-state index contributed by atoms with van der Waals surface area (Å²) in [4.78, 5) is 14.3. The quantitative estimate of drug-likeness (QED) is 0.708. The lowest BCUT2D eigenvalue weighted by Gasteiger charge is -2.13. The zero-order valence-electron chi connectivity index (χ0n) is 14.8. The van der Waals surface area contributed by atoms with Crippen molar-refractivity contribution in [2.24, 2.45) is 0 Å². The Morgan fingerprint density at radius 2 is 1.54 bits per heavy atom. The fraction of sp³-hybridized carbons (Fsp3) is 0.235. The summed E-state index contributed by atoms with van der Waals surface area (Å²) in [5.74, 6) is 0.299. The molecule has 0 aliphatic rings. The maximum atomic E-state index is 12.5. The molecule has 0 saturated carbocycles. The van der Waals surface area contributed by atoms with E-state index in [1.165, 1.54) is 39.5 Å². The summed E-state index contributed by atoms with van der Waals surface area (Å²) >= 11 is 0. The second-order valence-corrected chi connectivity index (χ2v) is 6.97. The minimum Gasteiger partial charge on any atom is -0.497 e. The van der Waals surface area contributed by atoms with Gasteiger partial charge in [-0.1, -0.05) is 6.07 Å². The van der Waals surface area contributed by atoms with Gasteiger partial charge in [-0.2, -0.15) is 0 Å². The van der Waals surface area contributed by atoms with Crippen molar-refractivity contribution in [1.29, 1.82) is 0 Å². The number of amides is 1. The molecule has 2 aromatic carbocycles. The normalized spacial score (nSPS) is 10.9. The predicted octanol–water partition coefficient (Wildman–Crippen LogP) is 1.64. The summed E-state index contributed by atoms with van der Waals surface area (Å²) in [7, 11) is 0.232. The first-order valence-electron chi connectivity index (χ1n) is 7.50. The van der Waals surface area contributed by atoms with Crippen molar-refractivity contribution < 1.29 is 27.4 Å². The molecule has 0 aromatic heterocycles. The molecule has 140 valence electrons. The number of methoxy groups -OCH3 is 3. The molecule has 0 bridgehead atoms. The summed E-state index contributed by atoms with van der Waals surface area (Å²) in [6, 6.07) is 9.22. The van der Waals surface area contributed by atoms with Crippen LogP contribution in [-0.4, -0.2) is 35.7 Å². The lowest BCUT2D eigenvalue weighted by molar-refractivity contribution is 0.0944. The third-order valence-corrected chi connectivity index (χ3v) is 4.79. The molecule has 2 aromatic rings. The first-order valence-corrected chi connectivity index (χ1v) is 8.99. The number of hydrogen-bond donors (Lipinski definition) is 2. The first-order chi connectivity index (χ1) is 12.3. The van der Waals surface area contributed by atoms with Gasteiger partial charge in [-0.25, -0.2) is 8.42 Å². The minimum absolute atomic E-state index is 0.0801. The molecule has 0 atom stereocenters. The summed E-state index contributed by atoms with van der Waals surface area (Å²) in [6.45, 7) is 1.75. The Kier molecular flexibility index (Phi) is 6.06. The van der Waals surface area contributed by atoms with Gasteiger partial charge < -0.3 is 14.2 Å². The highest BCUT2D eigenvalue weighted by Crippen LogP contribution is 2.25. The molecule has 9 heteroatoms. The predicted molar refractivity (Wildman–Crippen MR) is 95.1 cm³/mol. The standard InChI is InChI=1S/C17H20N2O6S/c1-11-5-6-15(25-4)16(7-11)26(21,22)19-18-17(20)12-8-13(23-2)10-14(9-12)24-3/h5-10,19H,1-4H3,(H,18,20). The molecular formula is C17H20N2O6S. The third-order valence-electron chi connectivity index (χ3n) is 3.52. The van der Waals surface area contributed by atoms with E-state index in [4.69, 9.17) is 14.2 Å². The zero-order valence-corrected chi connectivity index (χ0v) is 15.6. The van der Waals surface area contributed by atoms with Crippen molar-refractivity contribution in [3.8, 4) is 17.2 Å². The lowest BCUT2D eigenvalue weighted by Crippen LogP contribution is -2.41. The number of rotatable bonds is 7. The summed E-state index contributed by atoms with van der Waals surface area (Å²) < 4.78 is 40.2. The van der Waals surface area contributed by atoms with Crippen molar-refractivity contribution >= 4 is 15.9 Å². The van der Waals surface area contributed by atoms with E-state index >= 15 is 0 Å². The number of ether oxygens (including phenoxy) is 3. The maximum absolute atomic E-state index is 12.5. The number of carbonyl (C=O) groups is 1. The van der Waals surface area contributed by atoms with Crippen LogP contribution in [0.25, 0.3) is 0 Å². The van der Waals surface area contributed by atoms with Gasteiger partial charge in [-0.05, 0) is 36.8 Å². The van der Waals surface area contributed by atoms with Crippen LogP contribution >= 0.6 is 0 Å². The van der Waals surface area contributed by atoms with Gasteiger partial charge in [-0.3, -0.25) is 10.2 Å². The van der Waals surface area contributed by atoms with Crippen LogP contribution in [0.3, 0.4) is 0 Å². The number of hydrogen-bond acceptors (Lipinski definition) is 6. The number of aryl methyl sites for hydroxylation is 1. The second-order valence-electron chi connectivity index (χ2n) is 5.32. The van der Waals surface area contributed by atoms with E-state index in [0.29, 0.717) is 11.5 Å². The molecule has 0 heterocycles. The molecule has 0 aliphatic heterocycles. The molecule has 0 radical (unpaired) electrons. The maximum Gasteiger partial charge on any atom is 0.266 e. The van der Waals surface area contributed by atoms with E-state index in [1.54, 1.807) is 25.1 Å². The van der Waals surface area contributed by atoms with Gasteiger partial charge in [0.15, 0.2) is 0 Å². The van der Waals surface area contributed by atoms with E-state index in [-0.39, 0.29) is 16.2 Å². The number of nitrogens with one attached hydrogen (secondary N) is 2. The van der Waals surface area contributed by atoms with Gasteiger partial charge >= 0.3 is 0 Å². The first kappa shape index (κ1) is 19.5. The van der Waals surface area contributed by atoms with Crippen LogP contribution in [0, 0.1) is 6.92 Å². The Balaban J connectivity index is 2.22. The summed E-state index contributed by atoms with van der Waals surface area (Å²) in [5.41, 5.74) is 3.07. The van der Waals surface area contributed by atoms with Crippen LogP contribution in [0.1, 0.15) is 15.9 Å². The van der Waals surface area contributed by atoms with E-state index < -0.39 is 15.9 Å². The molecule has 8 nitrogen and oxygen atoms in total. The molecule has 2 rings (SSSR count). The van der Waals surface area contributed by atoms with Crippen LogP contribution in [0.2, 0.25) is 0 Å². The Labute approximate surface area is 152 Å². The molecule has 0 saturated heterocycles. The zero-order chi connectivity index (χ0) is 19.3. The van der Waals surface area contributed by atoms with Crippen LogP contribution < -0.4 is 24.5 Å². The summed E-state index contributed by atoms with van der Waals surface area (Å²) in [5, 5.41) is 0. The highest BCUT2D eigenvalue weighted by Gasteiger charge is 2.21. The fourth-order valence-corrected chi connectivity index (χ4v) is 3.27. The molecular weight excluding hydrogens is 360 g/mol. The molecule has 0 unspecified atom stereocenters. The van der Waals surface area contributed by atoms with Crippen LogP contribution in [0.5, 0.6) is 17.2 Å². The average Bonchev–Trinajstić information content (AvgIpc) is 2.65. The van der Waals surface area contributed by atoms with Crippen molar-refractivity contribution in [2.75, 3.05) is 21.3 Å². The fourth-order valence-electron chi connectivity index (χ4n) is 2.17. The third kappa shape index (κ3) is 4.44. The SMILES string of the molecule is COc1cc(OC)cc(C(=O)NNS(=O)(=O)c2cc(C)ccc2OC)c1. The Morgan fingerprint density at radius 3 is 2.08 bits per heavy atom. The molecule has 1 amide bonds. The summed E-state index contributed by atoms with van der Waals surface area (Å²) in [6.07, 6.45) is 0. The van der Waals surface area contributed by atoms with Crippen molar-refractivity contribution in [1.82, 2.24) is 10.3 Å². The highest BCUT2D eigenvalue weighted by atomic mass is 32.2. The van der Waals surface area contributed by atoms with Gasteiger partial charge in [0.25, 0.3) is 15.9 Å². The van der Waals surface area contributed by atoms with Crippen LogP contribution in [0.15, 0.2) is 41.3 Å². The van der Waals surface area contributed by atoms with Gasteiger partial charge in [-0.15, -0.1) is 4.83 Å². The molecule has 26 heavy (non-hydrogen) atoms. The van der Waals surface area contributed by atoms with Crippen molar-refractivity contribution in [3.63, 3.8) is 0 Å². The molecule has 2 N–H and O–H groups in total. The highest BCUT2D eigenvalue weighted by molar-refractivity contribution is 7.89. The minimum atomic E-state index is -4.03.